The van der Waals surface area contributed by atoms with Crippen LogP contribution in [0, 0.1) is 0 Å². The molecular formula is C29H37N5O5. The largest absolute Gasteiger partial charge is 0.493 e. The molecular weight excluding hydrogens is 498 g/mol. The Labute approximate surface area is 229 Å². The first kappa shape index (κ1) is 26.8. The molecule has 2 saturated heterocycles. The van der Waals surface area contributed by atoms with E-state index in [4.69, 9.17) is 14.2 Å². The van der Waals surface area contributed by atoms with Crippen LogP contribution in [-0.4, -0.2) is 84.4 Å². The van der Waals surface area contributed by atoms with Gasteiger partial charge in [0.05, 0.1) is 26.9 Å². The summed E-state index contributed by atoms with van der Waals surface area (Å²) in [5.74, 6) is 1.37. The Morgan fingerprint density at radius 2 is 1.90 bits per heavy atom. The molecule has 208 valence electrons. The second-order valence-electron chi connectivity index (χ2n) is 9.89. The summed E-state index contributed by atoms with van der Waals surface area (Å²) in [5, 5.41) is 0.950. The van der Waals surface area contributed by atoms with Crippen molar-refractivity contribution in [2.24, 2.45) is 0 Å². The van der Waals surface area contributed by atoms with Gasteiger partial charge in [0.15, 0.2) is 11.5 Å². The van der Waals surface area contributed by atoms with E-state index in [0.29, 0.717) is 64.0 Å². The number of hydrogen-bond acceptors (Lipinski definition) is 6. The van der Waals surface area contributed by atoms with Crippen molar-refractivity contribution in [1.29, 1.82) is 0 Å². The maximum Gasteiger partial charge on any atom is 0.324 e. The number of morpholine rings is 1. The van der Waals surface area contributed by atoms with E-state index in [1.165, 1.54) is 0 Å². The topological polar surface area (TPSA) is 89.4 Å². The maximum atomic E-state index is 13.4. The van der Waals surface area contributed by atoms with Crippen LogP contribution in [0.15, 0.2) is 42.7 Å². The SMILES string of the molecule is CCCCCOc1cc(N2CCN(Cc3ccnc4c3ccn4CC(=O)N3CCOCC3)C2=O)ccc1OC. The van der Waals surface area contributed by atoms with Crippen molar-refractivity contribution in [2.75, 3.05) is 58.0 Å². The summed E-state index contributed by atoms with van der Waals surface area (Å²) in [7, 11) is 1.62. The molecule has 0 atom stereocenters. The first-order valence-electron chi connectivity index (χ1n) is 13.7. The van der Waals surface area contributed by atoms with Crippen molar-refractivity contribution in [1.82, 2.24) is 19.4 Å². The summed E-state index contributed by atoms with van der Waals surface area (Å²) in [4.78, 5) is 36.2. The Kier molecular flexibility index (Phi) is 8.51. The lowest BCUT2D eigenvalue weighted by molar-refractivity contribution is -0.135. The zero-order chi connectivity index (χ0) is 27.2. The van der Waals surface area contributed by atoms with Gasteiger partial charge in [0.2, 0.25) is 5.91 Å². The zero-order valence-corrected chi connectivity index (χ0v) is 22.8. The number of carbonyl (C=O) groups is 2. The Morgan fingerprint density at radius 3 is 2.69 bits per heavy atom. The number of benzene rings is 1. The number of anilines is 1. The molecule has 0 radical (unpaired) electrons. The van der Waals surface area contributed by atoms with E-state index in [1.807, 2.05) is 50.9 Å². The second kappa shape index (κ2) is 12.4. The lowest BCUT2D eigenvalue weighted by Gasteiger charge is -2.27. The highest BCUT2D eigenvalue weighted by atomic mass is 16.5. The highest BCUT2D eigenvalue weighted by Crippen LogP contribution is 2.34. The number of nitrogens with zero attached hydrogens (tertiary/aromatic N) is 5. The molecule has 0 bridgehead atoms. The van der Waals surface area contributed by atoms with Crippen LogP contribution in [0.1, 0.15) is 31.7 Å². The Hall–Kier alpha value is -3.79. The third kappa shape index (κ3) is 5.95. The minimum absolute atomic E-state index is 0.0519. The summed E-state index contributed by atoms with van der Waals surface area (Å²) in [6.45, 7) is 7.05. The van der Waals surface area contributed by atoms with Crippen LogP contribution in [0.3, 0.4) is 0 Å². The zero-order valence-electron chi connectivity index (χ0n) is 22.8. The minimum Gasteiger partial charge on any atom is -0.493 e. The van der Waals surface area contributed by atoms with Crippen LogP contribution in [0.25, 0.3) is 11.0 Å². The van der Waals surface area contributed by atoms with Gasteiger partial charge in [-0.05, 0) is 36.2 Å². The molecule has 0 unspecified atom stereocenters. The molecule has 0 spiro atoms. The molecule has 3 amide bonds. The van der Waals surface area contributed by atoms with E-state index >= 15 is 0 Å². The van der Waals surface area contributed by atoms with Gasteiger partial charge in [-0.25, -0.2) is 9.78 Å². The first-order valence-corrected chi connectivity index (χ1v) is 13.7. The fraction of sp³-hybridized carbons (Fsp3) is 0.483. The normalized spacial score (nSPS) is 15.8. The Morgan fingerprint density at radius 1 is 1.05 bits per heavy atom. The molecule has 2 fully saturated rings. The van der Waals surface area contributed by atoms with Crippen LogP contribution in [0.5, 0.6) is 11.5 Å². The average molecular weight is 536 g/mol. The van der Waals surface area contributed by atoms with Crippen molar-refractivity contribution in [3.05, 3.63) is 48.3 Å². The molecule has 10 heteroatoms. The molecule has 39 heavy (non-hydrogen) atoms. The van der Waals surface area contributed by atoms with Gasteiger partial charge in [-0.3, -0.25) is 9.69 Å². The lowest BCUT2D eigenvalue weighted by atomic mass is 10.2. The van der Waals surface area contributed by atoms with E-state index in [9.17, 15) is 9.59 Å². The van der Waals surface area contributed by atoms with Crippen molar-refractivity contribution in [3.8, 4) is 11.5 Å². The number of aromatic nitrogens is 2. The smallest absolute Gasteiger partial charge is 0.324 e. The van der Waals surface area contributed by atoms with Crippen molar-refractivity contribution >= 4 is 28.7 Å². The summed E-state index contributed by atoms with van der Waals surface area (Å²) in [6.07, 6.45) is 6.86. The highest BCUT2D eigenvalue weighted by molar-refractivity contribution is 5.95. The number of methoxy groups -OCH3 is 1. The van der Waals surface area contributed by atoms with Crippen molar-refractivity contribution in [3.63, 3.8) is 0 Å². The Balaban J connectivity index is 1.27. The van der Waals surface area contributed by atoms with Gasteiger partial charge >= 0.3 is 6.03 Å². The standard InChI is InChI=1S/C29H37N5O5/c1-3-4-5-16-39-26-19-23(6-7-25(26)37-2)34-13-12-33(29(34)36)20-22-8-10-30-28-24(22)9-11-32(28)21-27(35)31-14-17-38-18-15-31/h6-11,19H,3-5,12-18,20-21H2,1-2H3. The van der Waals surface area contributed by atoms with Gasteiger partial charge in [0.1, 0.15) is 12.2 Å². The number of urea groups is 1. The van der Waals surface area contributed by atoms with E-state index in [1.54, 1.807) is 18.2 Å². The molecule has 4 heterocycles. The number of fused-ring (bicyclic) bond motifs is 1. The number of ether oxygens (including phenoxy) is 3. The summed E-state index contributed by atoms with van der Waals surface area (Å²) < 4.78 is 18.7. The second-order valence-corrected chi connectivity index (χ2v) is 9.89. The van der Waals surface area contributed by atoms with Crippen molar-refractivity contribution < 1.29 is 23.8 Å². The number of hydrogen-bond donors (Lipinski definition) is 0. The summed E-state index contributed by atoms with van der Waals surface area (Å²) in [6, 6.07) is 9.52. The Bertz CT molecular complexity index is 1300. The summed E-state index contributed by atoms with van der Waals surface area (Å²) >= 11 is 0. The molecule has 2 aliphatic heterocycles. The third-order valence-electron chi connectivity index (χ3n) is 7.34. The molecule has 5 rings (SSSR count). The molecule has 1 aromatic carbocycles. The molecule has 0 aliphatic carbocycles. The van der Waals surface area contributed by atoms with Gasteiger partial charge in [-0.2, -0.15) is 0 Å². The fourth-order valence-electron chi connectivity index (χ4n) is 5.13. The van der Waals surface area contributed by atoms with Gasteiger partial charge in [0.25, 0.3) is 0 Å². The third-order valence-corrected chi connectivity index (χ3v) is 7.34. The predicted octanol–water partition coefficient (Wildman–Crippen LogP) is 3.91. The van der Waals surface area contributed by atoms with Crippen LogP contribution in [0.2, 0.25) is 0 Å². The molecule has 2 aromatic heterocycles. The van der Waals surface area contributed by atoms with Gasteiger partial charge < -0.3 is 28.6 Å². The van der Waals surface area contributed by atoms with E-state index in [2.05, 4.69) is 11.9 Å². The number of pyridine rings is 1. The highest BCUT2D eigenvalue weighted by Gasteiger charge is 2.31. The quantitative estimate of drug-likeness (QED) is 0.346. The monoisotopic (exact) mass is 535 g/mol. The number of unbranched alkanes of at least 4 members (excludes halogenated alkanes) is 2. The number of rotatable bonds is 11. The van der Waals surface area contributed by atoms with Crippen LogP contribution >= 0.6 is 0 Å². The molecule has 0 N–H and O–H groups in total. The van der Waals surface area contributed by atoms with E-state index < -0.39 is 0 Å². The predicted molar refractivity (Wildman–Crippen MR) is 148 cm³/mol. The number of amides is 3. The van der Waals surface area contributed by atoms with Crippen LogP contribution in [-0.2, 0) is 22.6 Å². The van der Waals surface area contributed by atoms with Gasteiger partial charge in [0, 0.05) is 62.3 Å². The molecule has 0 saturated carbocycles. The molecule has 10 nitrogen and oxygen atoms in total. The van der Waals surface area contributed by atoms with Gasteiger partial charge in [-0.15, -0.1) is 0 Å². The first-order chi connectivity index (χ1) is 19.1. The minimum atomic E-state index is -0.0519. The fourth-order valence-corrected chi connectivity index (χ4v) is 5.13. The van der Waals surface area contributed by atoms with E-state index in [0.717, 1.165) is 41.5 Å². The van der Waals surface area contributed by atoms with Crippen LogP contribution in [0.4, 0.5) is 10.5 Å². The molecule has 2 aliphatic rings. The lowest BCUT2D eigenvalue weighted by Crippen LogP contribution is -2.42. The van der Waals surface area contributed by atoms with Crippen LogP contribution < -0.4 is 14.4 Å². The van der Waals surface area contributed by atoms with Gasteiger partial charge in [-0.1, -0.05) is 19.8 Å². The van der Waals surface area contributed by atoms with Crippen molar-refractivity contribution in [2.45, 2.75) is 39.3 Å². The average Bonchev–Trinajstić information content (AvgIpc) is 3.55. The number of carbonyl (C=O) groups excluding carboxylic acids is 2. The van der Waals surface area contributed by atoms with E-state index in [-0.39, 0.29) is 18.5 Å². The summed E-state index contributed by atoms with van der Waals surface area (Å²) in [5.41, 5.74) is 2.54. The maximum absolute atomic E-state index is 13.4. The molecule has 3 aromatic rings.